The maximum absolute atomic E-state index is 14.4. The van der Waals surface area contributed by atoms with Gasteiger partial charge in [0.25, 0.3) is 5.56 Å². The second-order valence-corrected chi connectivity index (χ2v) is 9.72. The number of benzene rings is 2. The molecule has 0 saturated carbocycles. The average Bonchev–Trinajstić information content (AvgIpc) is 2.89. The summed E-state index contributed by atoms with van der Waals surface area (Å²) in [4.78, 5) is 33.7. The third-order valence-electron chi connectivity index (χ3n) is 5.86. The Morgan fingerprint density at radius 3 is 2.65 bits per heavy atom. The monoisotopic (exact) mass is 523 g/mol. The zero-order valence-electron chi connectivity index (χ0n) is 20.7. The second-order valence-electron chi connectivity index (χ2n) is 8.53. The number of ether oxygens (including phenoxy) is 1. The molecule has 192 valence electrons. The van der Waals surface area contributed by atoms with Crippen molar-refractivity contribution in [1.29, 1.82) is 0 Å². The van der Waals surface area contributed by atoms with Crippen molar-refractivity contribution in [3.8, 4) is 17.0 Å². The van der Waals surface area contributed by atoms with Crippen molar-refractivity contribution in [1.82, 2.24) is 19.9 Å². The van der Waals surface area contributed by atoms with Gasteiger partial charge in [-0.2, -0.15) is 0 Å². The van der Waals surface area contributed by atoms with Crippen molar-refractivity contribution in [3.63, 3.8) is 0 Å². The first-order chi connectivity index (χ1) is 17.7. The van der Waals surface area contributed by atoms with Crippen molar-refractivity contribution in [2.45, 2.75) is 25.3 Å². The molecule has 0 aliphatic carbocycles. The number of nitrogens with zero attached hydrogens (tertiary/aromatic N) is 3. The first-order valence-corrected chi connectivity index (χ1v) is 12.6. The molecule has 11 heteroatoms. The van der Waals surface area contributed by atoms with Gasteiger partial charge in [0.2, 0.25) is 11.8 Å². The average molecular weight is 524 g/mol. The van der Waals surface area contributed by atoms with E-state index < -0.39 is 22.7 Å². The summed E-state index contributed by atoms with van der Waals surface area (Å²) < 4.78 is 36.7. The van der Waals surface area contributed by atoms with E-state index in [1.165, 1.54) is 30.1 Å². The van der Waals surface area contributed by atoms with Crippen molar-refractivity contribution < 1.29 is 18.1 Å². The van der Waals surface area contributed by atoms with Gasteiger partial charge in [-0.15, -0.1) is 0 Å². The number of amides is 1. The number of hydrogen-bond acceptors (Lipinski definition) is 6. The Bertz CT molecular complexity index is 1570. The molecule has 4 aromatic rings. The number of aromatic nitrogens is 3. The van der Waals surface area contributed by atoms with Gasteiger partial charge in [0.1, 0.15) is 11.5 Å². The minimum absolute atomic E-state index is 0.00127. The van der Waals surface area contributed by atoms with Gasteiger partial charge in [-0.1, -0.05) is 19.1 Å². The number of methoxy groups -OCH3 is 1. The zero-order chi connectivity index (χ0) is 26.7. The lowest BCUT2D eigenvalue weighted by atomic mass is 10.0. The number of rotatable bonds is 8. The van der Waals surface area contributed by atoms with E-state index in [1.54, 1.807) is 57.4 Å². The Hall–Kier alpha value is -4.12. The van der Waals surface area contributed by atoms with Crippen molar-refractivity contribution >= 4 is 33.5 Å². The number of halogens is 1. The van der Waals surface area contributed by atoms with E-state index >= 15 is 0 Å². The number of anilines is 1. The normalized spacial score (nSPS) is 12.7. The quantitative estimate of drug-likeness (QED) is 0.366. The third kappa shape index (κ3) is 5.51. The summed E-state index contributed by atoms with van der Waals surface area (Å²) in [6.07, 6.45) is 2.99. The van der Waals surface area contributed by atoms with Crippen LogP contribution in [-0.4, -0.2) is 38.8 Å². The fourth-order valence-electron chi connectivity index (χ4n) is 3.85. The van der Waals surface area contributed by atoms with Crippen LogP contribution in [0, 0.1) is 18.7 Å². The van der Waals surface area contributed by atoms with Crippen LogP contribution in [0.4, 0.5) is 10.1 Å². The van der Waals surface area contributed by atoms with E-state index in [-0.39, 0.29) is 28.8 Å². The molecule has 9 nitrogen and oxygen atoms in total. The van der Waals surface area contributed by atoms with Crippen LogP contribution in [0.25, 0.3) is 22.0 Å². The minimum atomic E-state index is -1.91. The molecular formula is C26H26FN5O4S. The summed E-state index contributed by atoms with van der Waals surface area (Å²) in [6, 6.07) is 11.3. The molecule has 0 fully saturated rings. The van der Waals surface area contributed by atoms with E-state index in [1.807, 2.05) is 0 Å². The fraction of sp³-hybridized carbons (Fsp3) is 0.231. The molecule has 4 rings (SSSR count). The van der Waals surface area contributed by atoms with Crippen LogP contribution in [0.2, 0.25) is 0 Å². The van der Waals surface area contributed by atoms with Crippen LogP contribution in [0.15, 0.2) is 64.7 Å². The molecule has 1 amide bonds. The highest BCUT2D eigenvalue weighted by Crippen LogP contribution is 2.30. The maximum Gasteiger partial charge on any atom is 0.261 e. The molecule has 0 aliphatic heterocycles. The van der Waals surface area contributed by atoms with Crippen molar-refractivity contribution in [3.05, 3.63) is 76.7 Å². The first-order valence-electron chi connectivity index (χ1n) is 11.4. The topological polar surface area (TPSA) is 115 Å². The summed E-state index contributed by atoms with van der Waals surface area (Å²) in [5.41, 5.74) is 2.51. The highest BCUT2D eigenvalue weighted by molar-refractivity contribution is 7.86. The Morgan fingerprint density at radius 1 is 1.16 bits per heavy atom. The number of pyridine rings is 1. The number of fused-ring (bicyclic) bond motifs is 1. The van der Waals surface area contributed by atoms with Crippen LogP contribution < -0.4 is 20.3 Å². The van der Waals surface area contributed by atoms with Gasteiger partial charge in [-0.3, -0.25) is 18.9 Å². The van der Waals surface area contributed by atoms with Gasteiger partial charge in [-0.25, -0.2) is 18.6 Å². The highest BCUT2D eigenvalue weighted by Gasteiger charge is 2.17. The van der Waals surface area contributed by atoms with Gasteiger partial charge in [-0.05, 0) is 48.4 Å². The molecule has 2 atom stereocenters. The number of aryl methyl sites for hydroxylation is 1. The van der Waals surface area contributed by atoms with Crippen LogP contribution in [0.5, 0.6) is 5.88 Å². The van der Waals surface area contributed by atoms with E-state index in [4.69, 9.17) is 4.74 Å². The Morgan fingerprint density at radius 2 is 1.95 bits per heavy atom. The molecule has 0 bridgehead atoms. The van der Waals surface area contributed by atoms with Crippen LogP contribution >= 0.6 is 0 Å². The highest BCUT2D eigenvalue weighted by atomic mass is 32.2. The predicted molar refractivity (Wildman–Crippen MR) is 140 cm³/mol. The molecule has 2 N–H and O–H groups in total. The largest absolute Gasteiger partial charge is 0.480 e. The lowest BCUT2D eigenvalue weighted by Gasteiger charge is -2.14. The van der Waals surface area contributed by atoms with E-state index in [9.17, 15) is 18.2 Å². The molecule has 2 heterocycles. The second kappa shape index (κ2) is 10.9. The van der Waals surface area contributed by atoms with Crippen molar-refractivity contribution in [2.24, 2.45) is 5.92 Å². The van der Waals surface area contributed by atoms with Gasteiger partial charge in [0.15, 0.2) is 11.0 Å². The summed E-state index contributed by atoms with van der Waals surface area (Å²) >= 11 is 0. The van der Waals surface area contributed by atoms with Gasteiger partial charge < -0.3 is 10.1 Å². The lowest BCUT2D eigenvalue weighted by Crippen LogP contribution is -2.32. The summed E-state index contributed by atoms with van der Waals surface area (Å²) in [5.74, 6) is -0.993. The zero-order valence-corrected chi connectivity index (χ0v) is 21.6. The Kier molecular flexibility index (Phi) is 7.63. The molecule has 2 aromatic heterocycles. The number of nitrogens with one attached hydrogen (secondary N) is 2. The summed E-state index contributed by atoms with van der Waals surface area (Å²) in [7, 11) is 1.06. The number of carbonyl (C=O) groups is 1. The standard InChI is InChI=1S/C26H26FN5O4S/c1-15-5-8-23(20(27)9-15)37(35)31-22-11-18(12-29-25(22)36-4)17-6-7-21-19(10-17)26(34)32(14-30-21)13-16(2)24(33)28-3/h5-12,14,16,31H,13H2,1-4H3,(H,28,33). The Labute approximate surface area is 215 Å². The molecule has 0 radical (unpaired) electrons. The first kappa shape index (κ1) is 26.0. The van der Waals surface area contributed by atoms with Crippen LogP contribution in [0.3, 0.4) is 0 Å². The molecular weight excluding hydrogens is 497 g/mol. The maximum atomic E-state index is 14.4. The smallest absolute Gasteiger partial charge is 0.261 e. The SMILES string of the molecule is CNC(=O)C(C)Cn1cnc2ccc(-c3cnc(OC)c(NS(=O)c4ccc(C)cc4F)c3)cc2c1=O. The third-order valence-corrected chi connectivity index (χ3v) is 6.99. The molecule has 0 spiro atoms. The van der Waals surface area contributed by atoms with E-state index in [2.05, 4.69) is 20.0 Å². The van der Waals surface area contributed by atoms with E-state index in [0.717, 1.165) is 0 Å². The van der Waals surface area contributed by atoms with Gasteiger partial charge in [0, 0.05) is 25.4 Å². The van der Waals surface area contributed by atoms with Crippen LogP contribution in [-0.2, 0) is 22.3 Å². The molecule has 2 aromatic carbocycles. The summed E-state index contributed by atoms with van der Waals surface area (Å²) in [6.45, 7) is 3.66. The van der Waals surface area contributed by atoms with Crippen LogP contribution in [0.1, 0.15) is 12.5 Å². The predicted octanol–water partition coefficient (Wildman–Crippen LogP) is 3.43. The fourth-order valence-corrected chi connectivity index (χ4v) is 4.73. The Balaban J connectivity index is 1.70. The number of hydrogen-bond donors (Lipinski definition) is 2. The van der Waals surface area contributed by atoms with Crippen molar-refractivity contribution in [2.75, 3.05) is 18.9 Å². The van der Waals surface area contributed by atoms with Gasteiger partial charge >= 0.3 is 0 Å². The summed E-state index contributed by atoms with van der Waals surface area (Å²) in [5, 5.41) is 2.95. The lowest BCUT2D eigenvalue weighted by molar-refractivity contribution is -0.124. The van der Waals surface area contributed by atoms with E-state index in [0.29, 0.717) is 33.3 Å². The number of carbonyl (C=O) groups excluding carboxylic acids is 1. The molecule has 0 saturated heterocycles. The molecule has 37 heavy (non-hydrogen) atoms. The van der Waals surface area contributed by atoms with Gasteiger partial charge in [0.05, 0.1) is 35.2 Å². The molecule has 0 aliphatic rings. The molecule has 2 unspecified atom stereocenters. The minimum Gasteiger partial charge on any atom is -0.480 e.